The maximum atomic E-state index is 13.2. The molecule has 2 amide bonds. The fraction of sp³-hybridized carbons (Fsp3) is 0.417. The predicted molar refractivity (Wildman–Crippen MR) is 127 cm³/mol. The number of nitrogens with one attached hydrogen (secondary N) is 1. The molecule has 0 saturated carbocycles. The molecule has 0 aromatic heterocycles. The van der Waals surface area contributed by atoms with Crippen LogP contribution in [0.5, 0.6) is 0 Å². The van der Waals surface area contributed by atoms with Crippen LogP contribution in [0.15, 0.2) is 59.5 Å². The van der Waals surface area contributed by atoms with Gasteiger partial charge in [0.2, 0.25) is 21.8 Å². The number of piperazine rings is 1. The highest BCUT2D eigenvalue weighted by atomic mass is 32.2. The van der Waals surface area contributed by atoms with Gasteiger partial charge >= 0.3 is 0 Å². The summed E-state index contributed by atoms with van der Waals surface area (Å²) in [5.74, 6) is -0.494. The molecule has 0 unspecified atom stereocenters. The molecule has 8 nitrogen and oxygen atoms in total. The van der Waals surface area contributed by atoms with Gasteiger partial charge in [-0.3, -0.25) is 9.59 Å². The number of para-hydroxylation sites is 1. The van der Waals surface area contributed by atoms with E-state index in [-0.39, 0.29) is 29.2 Å². The Morgan fingerprint density at radius 1 is 0.909 bits per heavy atom. The van der Waals surface area contributed by atoms with E-state index in [0.29, 0.717) is 38.2 Å². The second-order valence-corrected chi connectivity index (χ2v) is 10.5. The Labute approximate surface area is 195 Å². The molecule has 33 heavy (non-hydrogen) atoms. The molecule has 176 valence electrons. The number of hydrogen-bond acceptors (Lipinski definition) is 5. The molecule has 1 N–H and O–H groups in total. The molecule has 2 aromatic carbocycles. The van der Waals surface area contributed by atoms with Gasteiger partial charge in [0.15, 0.2) is 0 Å². The van der Waals surface area contributed by atoms with Crippen molar-refractivity contribution in [3.63, 3.8) is 0 Å². The lowest BCUT2D eigenvalue weighted by molar-refractivity contribution is -0.137. The van der Waals surface area contributed by atoms with Gasteiger partial charge in [-0.25, -0.2) is 8.42 Å². The normalized spacial score (nSPS) is 19.8. The quantitative estimate of drug-likeness (QED) is 0.725. The highest BCUT2D eigenvalue weighted by molar-refractivity contribution is 7.89. The molecule has 0 aliphatic carbocycles. The number of sulfonamides is 1. The van der Waals surface area contributed by atoms with Gasteiger partial charge in [-0.2, -0.15) is 4.31 Å². The zero-order valence-electron chi connectivity index (χ0n) is 18.8. The fourth-order valence-electron chi connectivity index (χ4n) is 4.51. The molecule has 4 rings (SSSR count). The molecular weight excluding hydrogens is 440 g/mol. The van der Waals surface area contributed by atoms with Gasteiger partial charge in [-0.05, 0) is 49.2 Å². The Bertz CT molecular complexity index is 1080. The van der Waals surface area contributed by atoms with Gasteiger partial charge in [0.1, 0.15) is 0 Å². The van der Waals surface area contributed by atoms with Gasteiger partial charge in [-0.15, -0.1) is 0 Å². The summed E-state index contributed by atoms with van der Waals surface area (Å²) in [6.07, 6.45) is 1.36. The van der Waals surface area contributed by atoms with E-state index < -0.39 is 10.0 Å². The van der Waals surface area contributed by atoms with Crippen molar-refractivity contribution in [2.24, 2.45) is 5.92 Å². The van der Waals surface area contributed by atoms with E-state index in [9.17, 15) is 18.0 Å². The standard InChI is InChI=1S/C24H30N4O4S/c1-19(29)25-21-9-11-23(12-10-21)33(31,32)28-13-5-6-20(18-28)24(30)27-16-14-26(15-17-27)22-7-3-2-4-8-22/h2-4,7-12,20H,5-6,13-18H2,1H3,(H,25,29)/t20-/m0/s1. The van der Waals surface area contributed by atoms with E-state index in [2.05, 4.69) is 22.3 Å². The first-order chi connectivity index (χ1) is 15.8. The number of carbonyl (C=O) groups excluding carboxylic acids is 2. The number of amides is 2. The fourth-order valence-corrected chi connectivity index (χ4v) is 6.03. The average molecular weight is 471 g/mol. The summed E-state index contributed by atoms with van der Waals surface area (Å²) in [6, 6.07) is 16.3. The van der Waals surface area contributed by atoms with E-state index in [4.69, 9.17) is 0 Å². The minimum absolute atomic E-state index is 0.0450. The van der Waals surface area contributed by atoms with E-state index in [1.165, 1.54) is 23.4 Å². The summed E-state index contributed by atoms with van der Waals surface area (Å²) < 4.78 is 27.8. The highest BCUT2D eigenvalue weighted by Gasteiger charge is 2.35. The van der Waals surface area contributed by atoms with Gasteiger partial charge in [0, 0.05) is 57.6 Å². The monoisotopic (exact) mass is 470 g/mol. The van der Waals surface area contributed by atoms with E-state index >= 15 is 0 Å². The van der Waals surface area contributed by atoms with Crippen molar-refractivity contribution in [3.05, 3.63) is 54.6 Å². The van der Waals surface area contributed by atoms with E-state index in [1.807, 2.05) is 23.1 Å². The number of anilines is 2. The molecule has 2 saturated heterocycles. The van der Waals surface area contributed by atoms with Crippen LogP contribution in [0.2, 0.25) is 0 Å². The lowest BCUT2D eigenvalue weighted by Crippen LogP contribution is -2.53. The zero-order chi connectivity index (χ0) is 23.4. The minimum atomic E-state index is -3.71. The average Bonchev–Trinajstić information content (AvgIpc) is 2.84. The molecule has 2 fully saturated rings. The number of piperidine rings is 1. The maximum Gasteiger partial charge on any atom is 0.243 e. The Morgan fingerprint density at radius 3 is 2.21 bits per heavy atom. The predicted octanol–water partition coefficient (Wildman–Crippen LogP) is 2.39. The van der Waals surface area contributed by atoms with E-state index in [1.54, 1.807) is 12.1 Å². The summed E-state index contributed by atoms with van der Waals surface area (Å²) >= 11 is 0. The van der Waals surface area contributed by atoms with Crippen molar-refractivity contribution in [1.29, 1.82) is 0 Å². The molecule has 9 heteroatoms. The van der Waals surface area contributed by atoms with Crippen LogP contribution in [-0.4, -0.2) is 68.7 Å². The molecule has 2 aliphatic heterocycles. The molecular formula is C24H30N4O4S. The van der Waals surface area contributed by atoms with Gasteiger partial charge < -0.3 is 15.1 Å². The molecule has 2 aliphatic rings. The molecule has 0 spiro atoms. The molecule has 0 radical (unpaired) electrons. The Morgan fingerprint density at radius 2 is 1.58 bits per heavy atom. The Balaban J connectivity index is 1.37. The van der Waals surface area contributed by atoms with Gasteiger partial charge in [0.05, 0.1) is 10.8 Å². The van der Waals surface area contributed by atoms with Crippen molar-refractivity contribution in [2.75, 3.05) is 49.5 Å². The number of rotatable bonds is 5. The van der Waals surface area contributed by atoms with Crippen molar-refractivity contribution in [2.45, 2.75) is 24.7 Å². The molecule has 0 bridgehead atoms. The maximum absolute atomic E-state index is 13.2. The first-order valence-corrected chi connectivity index (χ1v) is 12.8. The topological polar surface area (TPSA) is 90.0 Å². The SMILES string of the molecule is CC(=O)Nc1ccc(S(=O)(=O)N2CCC[C@H](C(=O)N3CCN(c4ccccc4)CC3)C2)cc1. The summed E-state index contributed by atoms with van der Waals surface area (Å²) in [5.41, 5.74) is 1.70. The van der Waals surface area contributed by atoms with E-state index in [0.717, 1.165) is 18.8 Å². The van der Waals surface area contributed by atoms with Crippen LogP contribution in [0, 0.1) is 5.92 Å². The number of benzene rings is 2. The van der Waals surface area contributed by atoms with Gasteiger partial charge in [-0.1, -0.05) is 18.2 Å². The third kappa shape index (κ3) is 5.36. The number of nitrogens with zero attached hydrogens (tertiary/aromatic N) is 3. The summed E-state index contributed by atoms with van der Waals surface area (Å²) in [6.45, 7) is 4.82. The molecule has 1 atom stereocenters. The van der Waals surface area contributed by atoms with Gasteiger partial charge in [0.25, 0.3) is 0 Å². The summed E-state index contributed by atoms with van der Waals surface area (Å²) in [7, 11) is -3.71. The molecule has 2 aromatic rings. The zero-order valence-corrected chi connectivity index (χ0v) is 19.6. The third-order valence-corrected chi connectivity index (χ3v) is 8.14. The number of carbonyl (C=O) groups is 2. The lowest BCUT2D eigenvalue weighted by atomic mass is 9.97. The smallest absolute Gasteiger partial charge is 0.243 e. The van der Waals surface area contributed by atoms with Crippen LogP contribution >= 0.6 is 0 Å². The first kappa shape index (κ1) is 23.3. The first-order valence-electron chi connectivity index (χ1n) is 11.3. The highest BCUT2D eigenvalue weighted by Crippen LogP contribution is 2.26. The minimum Gasteiger partial charge on any atom is -0.368 e. The van der Waals surface area contributed by atoms with Crippen molar-refractivity contribution >= 4 is 33.2 Å². The second kappa shape index (κ2) is 9.93. The van der Waals surface area contributed by atoms with Crippen LogP contribution in [0.4, 0.5) is 11.4 Å². The van der Waals surface area contributed by atoms with Crippen LogP contribution in [0.1, 0.15) is 19.8 Å². The number of hydrogen-bond donors (Lipinski definition) is 1. The lowest BCUT2D eigenvalue weighted by Gasteiger charge is -2.39. The molecule has 2 heterocycles. The summed E-state index contributed by atoms with van der Waals surface area (Å²) in [4.78, 5) is 28.7. The Kier molecular flexibility index (Phi) is 6.99. The van der Waals surface area contributed by atoms with Crippen LogP contribution in [0.25, 0.3) is 0 Å². The second-order valence-electron chi connectivity index (χ2n) is 8.56. The summed E-state index contributed by atoms with van der Waals surface area (Å²) in [5, 5.41) is 2.63. The third-order valence-electron chi connectivity index (χ3n) is 6.26. The largest absolute Gasteiger partial charge is 0.368 e. The van der Waals surface area contributed by atoms with Crippen molar-refractivity contribution < 1.29 is 18.0 Å². The van der Waals surface area contributed by atoms with Crippen LogP contribution in [0.3, 0.4) is 0 Å². The Hall–Kier alpha value is -2.91. The van der Waals surface area contributed by atoms with Crippen LogP contribution in [-0.2, 0) is 19.6 Å². The van der Waals surface area contributed by atoms with Crippen molar-refractivity contribution in [3.8, 4) is 0 Å². The van der Waals surface area contributed by atoms with Crippen molar-refractivity contribution in [1.82, 2.24) is 9.21 Å². The van der Waals surface area contributed by atoms with Crippen LogP contribution < -0.4 is 10.2 Å².